The van der Waals surface area contributed by atoms with Gasteiger partial charge in [0.1, 0.15) is 5.01 Å². The van der Waals surface area contributed by atoms with Crippen LogP contribution in [-0.4, -0.2) is 47.9 Å². The number of fused-ring (bicyclic) bond motifs is 1. The first kappa shape index (κ1) is 13.9. The molecule has 1 atom stereocenters. The molecule has 2 heterocycles. The molecule has 1 saturated heterocycles. The molecule has 0 saturated carbocycles. The zero-order valence-electron chi connectivity index (χ0n) is 11.5. The van der Waals surface area contributed by atoms with Gasteiger partial charge in [0.2, 0.25) is 0 Å². The number of aromatic nitrogens is 1. The van der Waals surface area contributed by atoms with E-state index in [1.165, 1.54) is 22.5 Å². The second-order valence-corrected chi connectivity index (χ2v) is 6.11. The van der Waals surface area contributed by atoms with E-state index in [0.29, 0.717) is 19.3 Å². The van der Waals surface area contributed by atoms with Gasteiger partial charge in [-0.25, -0.2) is 4.98 Å². The molecule has 0 bridgehead atoms. The summed E-state index contributed by atoms with van der Waals surface area (Å²) in [6, 6.07) is 8.77. The maximum atomic E-state index is 8.72. The smallest absolute Gasteiger partial charge is 0.111 e. The summed E-state index contributed by atoms with van der Waals surface area (Å²) in [7, 11) is 0. The Morgan fingerprint density at radius 2 is 2.25 bits per heavy atom. The lowest BCUT2D eigenvalue weighted by Gasteiger charge is -2.22. The molecule has 20 heavy (non-hydrogen) atoms. The van der Waals surface area contributed by atoms with Crippen molar-refractivity contribution in [3.63, 3.8) is 0 Å². The molecule has 1 aromatic heterocycles. The lowest BCUT2D eigenvalue weighted by molar-refractivity contribution is 0.0709. The summed E-state index contributed by atoms with van der Waals surface area (Å²) in [6.45, 7) is 3.24. The summed E-state index contributed by atoms with van der Waals surface area (Å²) in [5, 5.41) is 9.95. The van der Waals surface area contributed by atoms with Gasteiger partial charge in [-0.15, -0.1) is 11.3 Å². The molecule has 0 spiro atoms. The molecule has 0 radical (unpaired) electrons. The SMILES string of the molecule is OCCOCCN1CCCC1c1nc2ccccc2s1. The van der Waals surface area contributed by atoms with E-state index < -0.39 is 0 Å². The average Bonchev–Trinajstić information content (AvgIpc) is 3.09. The number of aliphatic hydroxyl groups is 1. The van der Waals surface area contributed by atoms with E-state index in [1.807, 2.05) is 17.4 Å². The quantitative estimate of drug-likeness (QED) is 0.831. The Morgan fingerprint density at radius 3 is 3.10 bits per heavy atom. The number of likely N-dealkylation sites (tertiary alicyclic amines) is 1. The number of benzene rings is 1. The van der Waals surface area contributed by atoms with Crippen LogP contribution in [0.3, 0.4) is 0 Å². The fraction of sp³-hybridized carbons (Fsp3) is 0.533. The molecular formula is C15H20N2O2S. The van der Waals surface area contributed by atoms with Crippen molar-refractivity contribution in [1.29, 1.82) is 0 Å². The fourth-order valence-electron chi connectivity index (χ4n) is 2.75. The first-order valence-electron chi connectivity index (χ1n) is 7.16. The van der Waals surface area contributed by atoms with E-state index in [0.717, 1.165) is 18.6 Å². The van der Waals surface area contributed by atoms with Gasteiger partial charge in [-0.3, -0.25) is 4.90 Å². The second kappa shape index (κ2) is 6.63. The van der Waals surface area contributed by atoms with Crippen LogP contribution in [0.15, 0.2) is 24.3 Å². The van der Waals surface area contributed by atoms with Crippen LogP contribution >= 0.6 is 11.3 Å². The molecule has 0 aliphatic carbocycles. The molecule has 1 aliphatic rings. The van der Waals surface area contributed by atoms with Crippen molar-refractivity contribution in [2.75, 3.05) is 32.9 Å². The number of aliphatic hydroxyl groups excluding tert-OH is 1. The number of rotatable bonds is 6. The molecule has 0 amide bonds. The lowest BCUT2D eigenvalue weighted by Crippen LogP contribution is -2.27. The number of ether oxygens (including phenoxy) is 1. The van der Waals surface area contributed by atoms with E-state index in [1.54, 1.807) is 0 Å². The van der Waals surface area contributed by atoms with Gasteiger partial charge in [0, 0.05) is 6.54 Å². The first-order valence-corrected chi connectivity index (χ1v) is 7.98. The summed E-state index contributed by atoms with van der Waals surface area (Å²) in [6.07, 6.45) is 2.40. The topological polar surface area (TPSA) is 45.6 Å². The lowest BCUT2D eigenvalue weighted by atomic mass is 10.2. The van der Waals surface area contributed by atoms with E-state index >= 15 is 0 Å². The van der Waals surface area contributed by atoms with Crippen molar-refractivity contribution in [2.45, 2.75) is 18.9 Å². The van der Waals surface area contributed by atoms with Crippen molar-refractivity contribution < 1.29 is 9.84 Å². The molecule has 108 valence electrons. The number of thiazole rings is 1. The molecule has 2 aromatic rings. The minimum atomic E-state index is 0.0985. The number of hydrogen-bond acceptors (Lipinski definition) is 5. The van der Waals surface area contributed by atoms with Crippen LogP contribution in [0.25, 0.3) is 10.2 Å². The maximum absolute atomic E-state index is 8.72. The summed E-state index contributed by atoms with van der Waals surface area (Å²) in [5.74, 6) is 0. The minimum absolute atomic E-state index is 0.0985. The molecule has 5 heteroatoms. The maximum Gasteiger partial charge on any atom is 0.111 e. The highest BCUT2D eigenvalue weighted by Gasteiger charge is 2.28. The van der Waals surface area contributed by atoms with Crippen molar-refractivity contribution in [3.8, 4) is 0 Å². The molecule has 1 aliphatic heterocycles. The predicted molar refractivity (Wildman–Crippen MR) is 81.1 cm³/mol. The van der Waals surface area contributed by atoms with Crippen LogP contribution in [-0.2, 0) is 4.74 Å². The normalized spacial score (nSPS) is 19.9. The molecule has 1 N–H and O–H groups in total. The Morgan fingerprint density at radius 1 is 1.35 bits per heavy atom. The van der Waals surface area contributed by atoms with Crippen LogP contribution in [0, 0.1) is 0 Å². The highest BCUT2D eigenvalue weighted by molar-refractivity contribution is 7.18. The van der Waals surface area contributed by atoms with Gasteiger partial charge in [-0.05, 0) is 31.5 Å². The second-order valence-electron chi connectivity index (χ2n) is 5.05. The van der Waals surface area contributed by atoms with Gasteiger partial charge in [-0.1, -0.05) is 12.1 Å². The summed E-state index contributed by atoms with van der Waals surface area (Å²) < 4.78 is 6.65. The van der Waals surface area contributed by atoms with E-state index in [9.17, 15) is 0 Å². The van der Waals surface area contributed by atoms with E-state index in [4.69, 9.17) is 14.8 Å². The van der Waals surface area contributed by atoms with Crippen molar-refractivity contribution in [3.05, 3.63) is 29.3 Å². The third-order valence-electron chi connectivity index (χ3n) is 3.72. The number of hydrogen-bond donors (Lipinski definition) is 1. The largest absolute Gasteiger partial charge is 0.394 e. The number of nitrogens with zero attached hydrogens (tertiary/aromatic N) is 2. The van der Waals surface area contributed by atoms with Crippen LogP contribution in [0.4, 0.5) is 0 Å². The van der Waals surface area contributed by atoms with Crippen molar-refractivity contribution >= 4 is 21.6 Å². The summed E-state index contributed by atoms with van der Waals surface area (Å²) >= 11 is 1.81. The highest BCUT2D eigenvalue weighted by atomic mass is 32.1. The van der Waals surface area contributed by atoms with Gasteiger partial charge in [0.05, 0.1) is 36.1 Å². The zero-order valence-corrected chi connectivity index (χ0v) is 12.3. The zero-order chi connectivity index (χ0) is 13.8. The average molecular weight is 292 g/mol. The Labute approximate surface area is 123 Å². The van der Waals surface area contributed by atoms with Gasteiger partial charge < -0.3 is 9.84 Å². The van der Waals surface area contributed by atoms with Gasteiger partial charge in [0.25, 0.3) is 0 Å². The summed E-state index contributed by atoms with van der Waals surface area (Å²) in [5.41, 5.74) is 1.11. The highest BCUT2D eigenvalue weighted by Crippen LogP contribution is 2.35. The Bertz CT molecular complexity index is 525. The van der Waals surface area contributed by atoms with Gasteiger partial charge in [0.15, 0.2) is 0 Å². The minimum Gasteiger partial charge on any atom is -0.394 e. The summed E-state index contributed by atoms with van der Waals surface area (Å²) in [4.78, 5) is 7.24. The Hall–Kier alpha value is -1.01. The van der Waals surface area contributed by atoms with Gasteiger partial charge in [-0.2, -0.15) is 0 Å². The standard InChI is InChI=1S/C15H20N2O2S/c18-9-11-19-10-8-17-7-3-5-13(17)15-16-12-4-1-2-6-14(12)20-15/h1-2,4,6,13,18H,3,5,7-11H2. The third kappa shape index (κ3) is 3.01. The molecule has 1 aromatic carbocycles. The predicted octanol–water partition coefficient (Wildman–Crippen LogP) is 2.44. The van der Waals surface area contributed by atoms with E-state index in [2.05, 4.69) is 23.1 Å². The molecule has 1 unspecified atom stereocenters. The third-order valence-corrected chi connectivity index (χ3v) is 4.86. The Balaban J connectivity index is 1.68. The number of para-hydroxylation sites is 1. The van der Waals surface area contributed by atoms with Crippen molar-refractivity contribution in [1.82, 2.24) is 9.88 Å². The fourth-order valence-corrected chi connectivity index (χ4v) is 3.89. The van der Waals surface area contributed by atoms with Gasteiger partial charge >= 0.3 is 0 Å². The monoisotopic (exact) mass is 292 g/mol. The van der Waals surface area contributed by atoms with Crippen LogP contribution in [0.1, 0.15) is 23.9 Å². The van der Waals surface area contributed by atoms with Crippen molar-refractivity contribution in [2.24, 2.45) is 0 Å². The first-order chi connectivity index (χ1) is 9.88. The molecule has 1 fully saturated rings. The van der Waals surface area contributed by atoms with E-state index in [-0.39, 0.29) is 6.61 Å². The molecule has 3 rings (SSSR count). The van der Waals surface area contributed by atoms with Crippen LogP contribution < -0.4 is 0 Å². The Kier molecular flexibility index (Phi) is 4.62. The molecule has 4 nitrogen and oxygen atoms in total. The van der Waals surface area contributed by atoms with Crippen LogP contribution in [0.5, 0.6) is 0 Å². The molecular weight excluding hydrogens is 272 g/mol. The van der Waals surface area contributed by atoms with Crippen LogP contribution in [0.2, 0.25) is 0 Å².